The Hall–Kier alpha value is -0.570. The standard InChI is InChI=1S/C11H18O3/c12-10(13)7-11(14)6-5-8-3-1-2-4-9(8)11/h8-9,14H,1-7H2,(H,12,13). The van der Waals surface area contributed by atoms with Crippen LogP contribution in [0.2, 0.25) is 0 Å². The number of hydrogen-bond acceptors (Lipinski definition) is 2. The summed E-state index contributed by atoms with van der Waals surface area (Å²) in [5.74, 6) is -0.0147. The highest BCUT2D eigenvalue weighted by molar-refractivity contribution is 5.68. The van der Waals surface area contributed by atoms with Crippen LogP contribution in [-0.4, -0.2) is 21.8 Å². The molecule has 0 spiro atoms. The maximum Gasteiger partial charge on any atom is 0.306 e. The second-order valence-corrected chi connectivity index (χ2v) is 4.86. The number of aliphatic carboxylic acids is 1. The van der Waals surface area contributed by atoms with Gasteiger partial charge in [0.15, 0.2) is 0 Å². The molecule has 2 rings (SSSR count). The van der Waals surface area contributed by atoms with E-state index in [0.29, 0.717) is 12.3 Å². The summed E-state index contributed by atoms with van der Waals surface area (Å²) in [6.07, 6.45) is 6.27. The molecular weight excluding hydrogens is 180 g/mol. The molecule has 0 aromatic carbocycles. The number of rotatable bonds is 2. The highest BCUT2D eigenvalue weighted by Crippen LogP contribution is 2.49. The molecule has 0 heterocycles. The van der Waals surface area contributed by atoms with Crippen LogP contribution in [0.1, 0.15) is 44.9 Å². The van der Waals surface area contributed by atoms with E-state index in [1.54, 1.807) is 0 Å². The van der Waals surface area contributed by atoms with Crippen molar-refractivity contribution in [3.8, 4) is 0 Å². The monoisotopic (exact) mass is 198 g/mol. The van der Waals surface area contributed by atoms with Crippen molar-refractivity contribution in [3.05, 3.63) is 0 Å². The summed E-state index contributed by atoms with van der Waals surface area (Å²) < 4.78 is 0. The Bertz CT molecular complexity index is 239. The van der Waals surface area contributed by atoms with Gasteiger partial charge < -0.3 is 10.2 Å². The van der Waals surface area contributed by atoms with Crippen molar-refractivity contribution in [2.75, 3.05) is 0 Å². The van der Waals surface area contributed by atoms with Crippen LogP contribution in [0.3, 0.4) is 0 Å². The summed E-state index contributed by atoms with van der Waals surface area (Å²) >= 11 is 0. The SMILES string of the molecule is O=C(O)CC1(O)CCC2CCCCC21. The van der Waals surface area contributed by atoms with Gasteiger partial charge in [-0.1, -0.05) is 19.3 Å². The largest absolute Gasteiger partial charge is 0.481 e. The van der Waals surface area contributed by atoms with Crippen molar-refractivity contribution in [1.82, 2.24) is 0 Å². The van der Waals surface area contributed by atoms with Crippen LogP contribution in [0.4, 0.5) is 0 Å². The second-order valence-electron chi connectivity index (χ2n) is 4.86. The summed E-state index contributed by atoms with van der Waals surface area (Å²) in [5.41, 5.74) is -0.892. The van der Waals surface area contributed by atoms with Gasteiger partial charge >= 0.3 is 5.97 Å². The molecule has 0 bridgehead atoms. The van der Waals surface area contributed by atoms with Gasteiger partial charge in [-0.05, 0) is 31.1 Å². The van der Waals surface area contributed by atoms with Gasteiger partial charge in [0.05, 0.1) is 12.0 Å². The van der Waals surface area contributed by atoms with Crippen molar-refractivity contribution in [3.63, 3.8) is 0 Å². The van der Waals surface area contributed by atoms with E-state index in [4.69, 9.17) is 5.11 Å². The van der Waals surface area contributed by atoms with Gasteiger partial charge in [0.25, 0.3) is 0 Å². The van der Waals surface area contributed by atoms with Gasteiger partial charge in [0.2, 0.25) is 0 Å². The average Bonchev–Trinajstić information content (AvgIpc) is 2.44. The predicted molar refractivity (Wildman–Crippen MR) is 51.9 cm³/mol. The minimum absolute atomic E-state index is 0.0613. The molecule has 2 aliphatic rings. The molecule has 0 radical (unpaired) electrons. The molecule has 2 aliphatic carbocycles. The fraction of sp³-hybridized carbons (Fsp3) is 0.909. The predicted octanol–water partition coefficient (Wildman–Crippen LogP) is 1.79. The molecule has 0 aromatic rings. The lowest BCUT2D eigenvalue weighted by Gasteiger charge is -2.34. The summed E-state index contributed by atoms with van der Waals surface area (Å²) in [4.78, 5) is 10.7. The highest BCUT2D eigenvalue weighted by atomic mass is 16.4. The van der Waals surface area contributed by atoms with E-state index in [2.05, 4.69) is 0 Å². The Labute approximate surface area is 84.1 Å². The molecular formula is C11H18O3. The molecule has 2 N–H and O–H groups in total. The van der Waals surface area contributed by atoms with E-state index >= 15 is 0 Å². The minimum atomic E-state index is -0.892. The smallest absolute Gasteiger partial charge is 0.306 e. The van der Waals surface area contributed by atoms with Gasteiger partial charge in [-0.2, -0.15) is 0 Å². The van der Waals surface area contributed by atoms with E-state index in [1.807, 2.05) is 0 Å². The van der Waals surface area contributed by atoms with Crippen LogP contribution in [-0.2, 0) is 4.79 Å². The fourth-order valence-corrected chi connectivity index (χ4v) is 3.36. The Morgan fingerprint density at radius 1 is 1.29 bits per heavy atom. The van der Waals surface area contributed by atoms with Crippen molar-refractivity contribution in [2.45, 2.75) is 50.5 Å². The Balaban J connectivity index is 2.08. The third-order valence-electron chi connectivity index (χ3n) is 4.00. The van der Waals surface area contributed by atoms with Crippen molar-refractivity contribution in [2.24, 2.45) is 11.8 Å². The first-order chi connectivity index (χ1) is 6.62. The number of carboxylic acids is 1. The lowest BCUT2D eigenvalue weighted by Crippen LogP contribution is -2.38. The number of carboxylic acid groups (broad SMARTS) is 1. The number of hydrogen-bond donors (Lipinski definition) is 2. The van der Waals surface area contributed by atoms with Gasteiger partial charge in [-0.15, -0.1) is 0 Å². The topological polar surface area (TPSA) is 57.5 Å². The Kier molecular flexibility index (Phi) is 2.52. The molecule has 0 aromatic heterocycles. The van der Waals surface area contributed by atoms with Crippen LogP contribution < -0.4 is 0 Å². The van der Waals surface area contributed by atoms with Gasteiger partial charge in [0, 0.05) is 0 Å². The third-order valence-corrected chi connectivity index (χ3v) is 4.00. The van der Waals surface area contributed by atoms with Crippen molar-refractivity contribution >= 4 is 5.97 Å². The molecule has 3 atom stereocenters. The van der Waals surface area contributed by atoms with E-state index in [1.165, 1.54) is 12.8 Å². The molecule has 0 amide bonds. The first-order valence-corrected chi connectivity index (χ1v) is 5.56. The minimum Gasteiger partial charge on any atom is -0.481 e. The molecule has 80 valence electrons. The third kappa shape index (κ3) is 1.65. The molecule has 0 saturated heterocycles. The summed E-state index contributed by atoms with van der Waals surface area (Å²) in [7, 11) is 0. The zero-order valence-electron chi connectivity index (χ0n) is 8.41. The first kappa shape index (κ1) is 9.97. The molecule has 3 unspecified atom stereocenters. The Morgan fingerprint density at radius 3 is 2.71 bits per heavy atom. The zero-order valence-corrected chi connectivity index (χ0v) is 8.41. The van der Waals surface area contributed by atoms with E-state index in [0.717, 1.165) is 19.3 Å². The number of aliphatic hydroxyl groups is 1. The summed E-state index contributed by atoms with van der Waals surface area (Å²) in [5, 5.41) is 19.0. The summed E-state index contributed by atoms with van der Waals surface area (Å²) in [6.45, 7) is 0. The number of carbonyl (C=O) groups is 1. The van der Waals surface area contributed by atoms with Crippen LogP contribution >= 0.6 is 0 Å². The van der Waals surface area contributed by atoms with E-state index in [9.17, 15) is 9.90 Å². The van der Waals surface area contributed by atoms with Crippen molar-refractivity contribution in [1.29, 1.82) is 0 Å². The summed E-state index contributed by atoms with van der Waals surface area (Å²) in [6, 6.07) is 0. The molecule has 3 nitrogen and oxygen atoms in total. The highest BCUT2D eigenvalue weighted by Gasteiger charge is 2.48. The average molecular weight is 198 g/mol. The quantitative estimate of drug-likeness (QED) is 0.711. The van der Waals surface area contributed by atoms with Gasteiger partial charge in [-0.25, -0.2) is 0 Å². The fourth-order valence-electron chi connectivity index (χ4n) is 3.36. The zero-order chi connectivity index (χ0) is 10.2. The van der Waals surface area contributed by atoms with E-state index < -0.39 is 11.6 Å². The molecule has 2 fully saturated rings. The lowest BCUT2D eigenvalue weighted by molar-refractivity contribution is -0.144. The van der Waals surface area contributed by atoms with Crippen LogP contribution in [0, 0.1) is 11.8 Å². The van der Waals surface area contributed by atoms with Crippen LogP contribution in [0.25, 0.3) is 0 Å². The lowest BCUT2D eigenvalue weighted by atomic mass is 9.75. The van der Waals surface area contributed by atoms with E-state index in [-0.39, 0.29) is 12.3 Å². The van der Waals surface area contributed by atoms with Crippen LogP contribution in [0.5, 0.6) is 0 Å². The normalized spacial score (nSPS) is 42.1. The number of fused-ring (bicyclic) bond motifs is 1. The maximum absolute atomic E-state index is 10.7. The molecule has 2 saturated carbocycles. The Morgan fingerprint density at radius 2 is 2.00 bits per heavy atom. The first-order valence-electron chi connectivity index (χ1n) is 5.56. The maximum atomic E-state index is 10.7. The molecule has 14 heavy (non-hydrogen) atoms. The second kappa shape index (κ2) is 3.54. The molecule has 0 aliphatic heterocycles. The van der Waals surface area contributed by atoms with Gasteiger partial charge in [-0.3, -0.25) is 4.79 Å². The van der Waals surface area contributed by atoms with Crippen molar-refractivity contribution < 1.29 is 15.0 Å². The molecule has 3 heteroatoms. The van der Waals surface area contributed by atoms with Crippen LogP contribution in [0.15, 0.2) is 0 Å². The van der Waals surface area contributed by atoms with Gasteiger partial charge in [0.1, 0.15) is 0 Å².